The number of nitrogens with two attached hydrogens (primary N) is 1. The molecule has 30 heavy (non-hydrogen) atoms. The van der Waals surface area contributed by atoms with Crippen LogP contribution in [0.1, 0.15) is 56.1 Å². The lowest BCUT2D eigenvalue weighted by atomic mass is 9.49. The van der Waals surface area contributed by atoms with Crippen LogP contribution in [0.4, 0.5) is 0 Å². The first-order chi connectivity index (χ1) is 14.0. The van der Waals surface area contributed by atoms with Gasteiger partial charge in [-0.1, -0.05) is 24.3 Å². The van der Waals surface area contributed by atoms with Crippen LogP contribution in [0.5, 0.6) is 0 Å². The van der Waals surface area contributed by atoms with E-state index in [0.29, 0.717) is 11.9 Å². The molecule has 1 heterocycles. The number of likely N-dealkylation sites (tertiary alicyclic amines) is 1. The van der Waals surface area contributed by atoms with Crippen molar-refractivity contribution in [3.8, 4) is 0 Å². The number of carbonyl (C=O) groups excluding carboxylic acids is 1. The Morgan fingerprint density at radius 2 is 1.70 bits per heavy atom. The Bertz CT molecular complexity index is 758. The van der Waals surface area contributed by atoms with Crippen molar-refractivity contribution in [3.63, 3.8) is 0 Å². The van der Waals surface area contributed by atoms with Crippen molar-refractivity contribution in [2.75, 3.05) is 19.6 Å². The van der Waals surface area contributed by atoms with Crippen LogP contribution in [-0.4, -0.2) is 42.3 Å². The van der Waals surface area contributed by atoms with E-state index in [0.717, 1.165) is 75.1 Å². The second-order valence-corrected chi connectivity index (χ2v) is 10.3. The molecule has 0 spiro atoms. The average molecular weight is 431 g/mol. The van der Waals surface area contributed by atoms with Crippen LogP contribution in [0.15, 0.2) is 24.3 Å². The molecule has 1 aromatic carbocycles. The highest BCUT2D eigenvalue weighted by Gasteiger charge is 2.54. The molecule has 0 radical (unpaired) electrons. The Morgan fingerprint density at radius 3 is 2.27 bits per heavy atom. The standard InChI is InChI=1S/C24H34N4O.ClH/c25-22(26)20-3-1-16(2-4-20)5-7-28-8-6-21(15-28)27-23(29)24-12-17-9-18(13-24)11-19(10-17)14-24;/h1-4,17-19,21H,5-15H2,(H3,25,26)(H,27,29);1H/t17?,18?,19?,21-,24?;/m0./s1. The van der Waals surface area contributed by atoms with Gasteiger partial charge in [0.2, 0.25) is 5.91 Å². The van der Waals surface area contributed by atoms with E-state index in [-0.39, 0.29) is 23.7 Å². The molecule has 6 rings (SSSR count). The number of carbonyl (C=O) groups is 1. The van der Waals surface area contributed by atoms with Gasteiger partial charge in [0, 0.05) is 36.7 Å². The van der Waals surface area contributed by atoms with Gasteiger partial charge in [-0.25, -0.2) is 0 Å². The Labute approximate surface area is 186 Å². The fourth-order valence-corrected chi connectivity index (χ4v) is 7.02. The maximum Gasteiger partial charge on any atom is 0.226 e. The summed E-state index contributed by atoms with van der Waals surface area (Å²) in [5.74, 6) is 2.96. The molecule has 6 heteroatoms. The lowest BCUT2D eigenvalue weighted by Gasteiger charge is -2.55. The molecule has 5 aliphatic rings. The highest BCUT2D eigenvalue weighted by atomic mass is 35.5. The number of nitrogens with one attached hydrogen (secondary N) is 2. The van der Waals surface area contributed by atoms with E-state index in [1.807, 2.05) is 12.1 Å². The number of amidine groups is 1. The molecule has 4 aliphatic carbocycles. The second kappa shape index (κ2) is 8.51. The van der Waals surface area contributed by atoms with Gasteiger partial charge in [0.15, 0.2) is 0 Å². The number of nitrogen functional groups attached to an aromatic ring is 1. The van der Waals surface area contributed by atoms with Crippen molar-refractivity contribution < 1.29 is 4.79 Å². The molecule has 4 bridgehead atoms. The minimum Gasteiger partial charge on any atom is -0.384 e. The quantitative estimate of drug-likeness (QED) is 0.478. The summed E-state index contributed by atoms with van der Waals surface area (Å²) in [6.07, 6.45) is 9.67. The SMILES string of the molecule is Cl.N=C(N)c1ccc(CCN2CC[C@H](NC(=O)C34CC5CC(CC(C5)C3)C4)C2)cc1. The first-order valence-corrected chi connectivity index (χ1v) is 11.5. The highest BCUT2D eigenvalue weighted by molar-refractivity contribution is 5.94. The van der Waals surface area contributed by atoms with Crippen molar-refractivity contribution in [3.05, 3.63) is 35.4 Å². The third-order valence-corrected chi connectivity index (χ3v) is 8.11. The van der Waals surface area contributed by atoms with Crippen LogP contribution in [0.3, 0.4) is 0 Å². The molecule has 1 saturated heterocycles. The van der Waals surface area contributed by atoms with Gasteiger partial charge in [-0.2, -0.15) is 0 Å². The first-order valence-electron chi connectivity index (χ1n) is 11.5. The summed E-state index contributed by atoms with van der Waals surface area (Å²) in [6, 6.07) is 8.31. The topological polar surface area (TPSA) is 82.2 Å². The van der Waals surface area contributed by atoms with Crippen LogP contribution in [0, 0.1) is 28.6 Å². The highest BCUT2D eigenvalue weighted by Crippen LogP contribution is 2.60. The molecular formula is C24H35ClN4O. The average Bonchev–Trinajstić information content (AvgIpc) is 3.13. The minimum absolute atomic E-state index is 0. The number of hydrogen-bond donors (Lipinski definition) is 3. The molecule has 1 amide bonds. The van der Waals surface area contributed by atoms with Gasteiger partial charge < -0.3 is 16.0 Å². The molecule has 1 atom stereocenters. The zero-order valence-electron chi connectivity index (χ0n) is 17.7. The van der Waals surface area contributed by atoms with E-state index in [1.54, 1.807) is 0 Å². The molecule has 4 N–H and O–H groups in total. The van der Waals surface area contributed by atoms with Crippen LogP contribution in [0.25, 0.3) is 0 Å². The number of halogens is 1. The molecule has 5 fully saturated rings. The fourth-order valence-electron chi connectivity index (χ4n) is 7.02. The van der Waals surface area contributed by atoms with E-state index in [2.05, 4.69) is 22.3 Å². The molecule has 0 unspecified atom stereocenters. The van der Waals surface area contributed by atoms with Gasteiger partial charge in [0.1, 0.15) is 5.84 Å². The number of amides is 1. The van der Waals surface area contributed by atoms with Crippen LogP contribution in [-0.2, 0) is 11.2 Å². The zero-order valence-corrected chi connectivity index (χ0v) is 18.6. The predicted octanol–water partition coefficient (Wildman–Crippen LogP) is 3.34. The smallest absolute Gasteiger partial charge is 0.226 e. The normalized spacial score (nSPS) is 34.5. The maximum absolute atomic E-state index is 13.3. The van der Waals surface area contributed by atoms with E-state index in [9.17, 15) is 4.79 Å². The molecular weight excluding hydrogens is 396 g/mol. The molecule has 164 valence electrons. The zero-order chi connectivity index (χ0) is 20.0. The van der Waals surface area contributed by atoms with Gasteiger partial charge in [-0.15, -0.1) is 12.4 Å². The van der Waals surface area contributed by atoms with Gasteiger partial charge in [-0.05, 0) is 74.7 Å². The monoisotopic (exact) mass is 430 g/mol. The fraction of sp³-hybridized carbons (Fsp3) is 0.667. The lowest BCUT2D eigenvalue weighted by molar-refractivity contribution is -0.146. The number of hydrogen-bond acceptors (Lipinski definition) is 3. The first kappa shape index (κ1) is 21.6. The number of rotatable bonds is 6. The van der Waals surface area contributed by atoms with Gasteiger partial charge in [-0.3, -0.25) is 10.2 Å². The Kier molecular flexibility index (Phi) is 6.13. The van der Waals surface area contributed by atoms with Gasteiger partial charge >= 0.3 is 0 Å². The van der Waals surface area contributed by atoms with Crippen molar-refractivity contribution in [1.29, 1.82) is 5.41 Å². The van der Waals surface area contributed by atoms with Gasteiger partial charge in [0.05, 0.1) is 0 Å². The summed E-state index contributed by atoms with van der Waals surface area (Å²) in [7, 11) is 0. The minimum atomic E-state index is -0.0272. The molecule has 1 aromatic rings. The van der Waals surface area contributed by atoms with Crippen molar-refractivity contribution in [1.82, 2.24) is 10.2 Å². The van der Waals surface area contributed by atoms with Crippen LogP contribution in [0.2, 0.25) is 0 Å². The van der Waals surface area contributed by atoms with E-state index in [1.165, 1.54) is 24.8 Å². The summed E-state index contributed by atoms with van der Waals surface area (Å²) in [5.41, 5.74) is 7.55. The largest absolute Gasteiger partial charge is 0.384 e. The molecule has 0 aromatic heterocycles. The summed E-state index contributed by atoms with van der Waals surface area (Å²) in [5, 5.41) is 11.0. The van der Waals surface area contributed by atoms with Gasteiger partial charge in [0.25, 0.3) is 0 Å². The van der Waals surface area contributed by atoms with E-state index < -0.39 is 0 Å². The Hall–Kier alpha value is -1.59. The molecule has 1 aliphatic heterocycles. The Morgan fingerprint density at radius 1 is 1.10 bits per heavy atom. The van der Waals surface area contributed by atoms with E-state index in [4.69, 9.17) is 11.1 Å². The van der Waals surface area contributed by atoms with Crippen molar-refractivity contribution in [2.45, 2.75) is 57.4 Å². The Balaban J connectivity index is 0.00000218. The lowest BCUT2D eigenvalue weighted by Crippen LogP contribution is -2.55. The molecule has 4 saturated carbocycles. The summed E-state index contributed by atoms with van der Waals surface area (Å²) >= 11 is 0. The van der Waals surface area contributed by atoms with Crippen molar-refractivity contribution in [2.24, 2.45) is 28.9 Å². The van der Waals surface area contributed by atoms with Crippen LogP contribution < -0.4 is 11.1 Å². The predicted molar refractivity (Wildman–Crippen MR) is 122 cm³/mol. The third kappa shape index (κ3) is 4.24. The summed E-state index contributed by atoms with van der Waals surface area (Å²) in [4.78, 5) is 15.7. The van der Waals surface area contributed by atoms with E-state index >= 15 is 0 Å². The van der Waals surface area contributed by atoms with Crippen LogP contribution >= 0.6 is 12.4 Å². The summed E-state index contributed by atoms with van der Waals surface area (Å²) < 4.78 is 0. The maximum atomic E-state index is 13.3. The second-order valence-electron chi connectivity index (χ2n) is 10.3. The summed E-state index contributed by atoms with van der Waals surface area (Å²) in [6.45, 7) is 3.06. The third-order valence-electron chi connectivity index (χ3n) is 8.11. The molecule has 5 nitrogen and oxygen atoms in total. The van der Waals surface area contributed by atoms with Crippen molar-refractivity contribution >= 4 is 24.1 Å². The number of nitrogens with zero attached hydrogens (tertiary/aromatic N) is 1. The number of benzene rings is 1.